The first-order valence-electron chi connectivity index (χ1n) is 9.51. The van der Waals surface area contributed by atoms with Crippen molar-refractivity contribution < 1.29 is 39.6 Å². The van der Waals surface area contributed by atoms with Crippen LogP contribution in [0.15, 0.2) is 54.6 Å². The Morgan fingerprint density at radius 2 is 1.29 bits per heavy atom. The Morgan fingerprint density at radius 3 is 1.74 bits per heavy atom. The zero-order valence-electron chi connectivity index (χ0n) is 16.8. The van der Waals surface area contributed by atoms with E-state index in [2.05, 4.69) is 40.5 Å². The van der Waals surface area contributed by atoms with E-state index in [-0.39, 0.29) is 0 Å². The monoisotopic (exact) mass is 434 g/mol. The number of rotatable bonds is 5. The average Bonchev–Trinajstić information content (AvgIpc) is 3.21. The van der Waals surface area contributed by atoms with E-state index in [0.717, 1.165) is 12.6 Å². The van der Waals surface area contributed by atoms with Gasteiger partial charge in [0.05, 0.1) is 0 Å². The van der Waals surface area contributed by atoms with Crippen molar-refractivity contribution in [3.05, 3.63) is 60.2 Å². The summed E-state index contributed by atoms with van der Waals surface area (Å²) in [6.45, 7) is 3.67. The first kappa shape index (κ1) is 25.5. The van der Waals surface area contributed by atoms with Crippen molar-refractivity contribution >= 4 is 23.9 Å². The number of benzene rings is 1. The van der Waals surface area contributed by atoms with Gasteiger partial charge in [-0.3, -0.25) is 4.90 Å². The highest BCUT2D eigenvalue weighted by molar-refractivity contribution is 5.90. The maximum atomic E-state index is 9.55. The lowest BCUT2D eigenvalue weighted by Crippen LogP contribution is -2.49. The van der Waals surface area contributed by atoms with E-state index in [0.29, 0.717) is 30.3 Å². The molecule has 10 heteroatoms. The molecule has 0 bridgehead atoms. The Labute approximate surface area is 179 Å². The first-order valence-corrected chi connectivity index (χ1v) is 9.51. The van der Waals surface area contributed by atoms with E-state index >= 15 is 0 Å². The van der Waals surface area contributed by atoms with Crippen molar-refractivity contribution in [3.63, 3.8) is 0 Å². The van der Waals surface area contributed by atoms with Crippen LogP contribution in [0.5, 0.6) is 0 Å². The summed E-state index contributed by atoms with van der Waals surface area (Å²) in [5.74, 6) is -5.03. The third kappa shape index (κ3) is 10.7. The second kappa shape index (κ2) is 13.7. The van der Waals surface area contributed by atoms with Gasteiger partial charge in [0, 0.05) is 49.5 Å². The first-order chi connectivity index (χ1) is 14.7. The second-order valence-corrected chi connectivity index (χ2v) is 6.61. The molecule has 2 saturated heterocycles. The van der Waals surface area contributed by atoms with Gasteiger partial charge in [-0.25, -0.2) is 19.2 Å². The zero-order valence-corrected chi connectivity index (χ0v) is 16.8. The maximum Gasteiger partial charge on any atom is 0.328 e. The second-order valence-electron chi connectivity index (χ2n) is 6.61. The molecule has 2 aliphatic rings. The molecule has 2 aliphatic heterocycles. The fourth-order valence-electron chi connectivity index (χ4n) is 3.29. The predicted molar refractivity (Wildman–Crippen MR) is 111 cm³/mol. The van der Waals surface area contributed by atoms with Gasteiger partial charge in [0.2, 0.25) is 0 Å². The highest BCUT2D eigenvalue weighted by Crippen LogP contribution is 2.31. The number of carboxylic acids is 4. The molecule has 0 saturated carbocycles. The molecule has 5 N–H and O–H groups in total. The van der Waals surface area contributed by atoms with E-state index in [1.165, 1.54) is 31.5 Å². The zero-order chi connectivity index (χ0) is 23.2. The van der Waals surface area contributed by atoms with Crippen molar-refractivity contribution in [1.29, 1.82) is 0 Å². The standard InChI is InChI=1S/C13H18N2.2C4H4O4/c1-2-5-11(6-3-1)13-12-7-4-9-15(12)10-8-14-13;2*5-3(6)1-2-4(7)8/h1-3,5-6,12-14H,4,7-10H2;2*1-2H,(H,5,6)(H,7,8)/b;2*2-1+. The summed E-state index contributed by atoms with van der Waals surface area (Å²) >= 11 is 0. The number of carbonyl (C=O) groups is 4. The summed E-state index contributed by atoms with van der Waals surface area (Å²) in [5.41, 5.74) is 1.45. The lowest BCUT2D eigenvalue weighted by molar-refractivity contribution is -0.134. The number of aliphatic carboxylic acids is 4. The lowest BCUT2D eigenvalue weighted by Gasteiger charge is -2.37. The molecular formula is C21H26N2O8. The topological polar surface area (TPSA) is 164 Å². The van der Waals surface area contributed by atoms with Gasteiger partial charge in [0.1, 0.15) is 0 Å². The van der Waals surface area contributed by atoms with E-state index < -0.39 is 23.9 Å². The molecule has 2 heterocycles. The third-order valence-electron chi connectivity index (χ3n) is 4.46. The number of nitrogens with one attached hydrogen (secondary N) is 1. The SMILES string of the molecule is O=C(O)/C=C/C(=O)O.O=C(O)/C=C/C(=O)O.c1ccc(C2NCCN3CCCC23)cc1. The summed E-state index contributed by atoms with van der Waals surface area (Å²) in [6.07, 6.45) is 4.96. The number of fused-ring (bicyclic) bond motifs is 1. The van der Waals surface area contributed by atoms with E-state index in [9.17, 15) is 19.2 Å². The fourth-order valence-corrected chi connectivity index (χ4v) is 3.29. The van der Waals surface area contributed by atoms with Crippen LogP contribution in [0.3, 0.4) is 0 Å². The Hall–Kier alpha value is -3.50. The van der Waals surface area contributed by atoms with E-state index in [1.54, 1.807) is 0 Å². The molecule has 0 aromatic heterocycles. The number of nitrogens with zero attached hydrogens (tertiary/aromatic N) is 1. The molecule has 1 aromatic carbocycles. The summed E-state index contributed by atoms with van der Waals surface area (Å²) in [4.78, 5) is 40.9. The van der Waals surface area contributed by atoms with Crippen molar-refractivity contribution in [2.24, 2.45) is 0 Å². The van der Waals surface area contributed by atoms with Gasteiger partial charge in [-0.05, 0) is 24.9 Å². The highest BCUT2D eigenvalue weighted by Gasteiger charge is 2.34. The van der Waals surface area contributed by atoms with Gasteiger partial charge >= 0.3 is 23.9 Å². The maximum absolute atomic E-state index is 9.55. The van der Waals surface area contributed by atoms with Crippen LogP contribution in [0.2, 0.25) is 0 Å². The van der Waals surface area contributed by atoms with E-state index in [4.69, 9.17) is 20.4 Å². The molecule has 31 heavy (non-hydrogen) atoms. The third-order valence-corrected chi connectivity index (χ3v) is 4.46. The molecule has 1 aromatic rings. The van der Waals surface area contributed by atoms with Crippen LogP contribution < -0.4 is 5.32 Å². The normalized spacial score (nSPS) is 20.1. The van der Waals surface area contributed by atoms with E-state index in [1.807, 2.05) is 0 Å². The van der Waals surface area contributed by atoms with Crippen LogP contribution >= 0.6 is 0 Å². The van der Waals surface area contributed by atoms with Gasteiger partial charge in [-0.2, -0.15) is 0 Å². The van der Waals surface area contributed by atoms with Gasteiger partial charge in [-0.1, -0.05) is 30.3 Å². The van der Waals surface area contributed by atoms with Crippen LogP contribution in [0.4, 0.5) is 0 Å². The minimum atomic E-state index is -1.26. The van der Waals surface area contributed by atoms with Crippen molar-refractivity contribution in [3.8, 4) is 0 Å². The Kier molecular flexibility index (Phi) is 11.3. The minimum absolute atomic E-state index is 0.558. The molecule has 0 radical (unpaired) electrons. The molecule has 168 valence electrons. The van der Waals surface area contributed by atoms with Crippen molar-refractivity contribution in [2.75, 3.05) is 19.6 Å². The fraction of sp³-hybridized carbons (Fsp3) is 0.333. The van der Waals surface area contributed by atoms with Crippen molar-refractivity contribution in [2.45, 2.75) is 24.9 Å². The number of carboxylic acid groups (broad SMARTS) is 4. The van der Waals surface area contributed by atoms with Crippen LogP contribution in [-0.2, 0) is 19.2 Å². The molecule has 2 fully saturated rings. The molecule has 10 nitrogen and oxygen atoms in total. The smallest absolute Gasteiger partial charge is 0.328 e. The Morgan fingerprint density at radius 1 is 0.806 bits per heavy atom. The summed E-state index contributed by atoms with van der Waals surface area (Å²) in [7, 11) is 0. The molecule has 0 amide bonds. The Balaban J connectivity index is 0.000000259. The Bertz CT molecular complexity index is 741. The van der Waals surface area contributed by atoms with Gasteiger partial charge in [-0.15, -0.1) is 0 Å². The number of hydrogen-bond acceptors (Lipinski definition) is 6. The minimum Gasteiger partial charge on any atom is -0.478 e. The molecule has 2 unspecified atom stereocenters. The van der Waals surface area contributed by atoms with Gasteiger partial charge < -0.3 is 25.7 Å². The average molecular weight is 434 g/mol. The number of piperazine rings is 1. The lowest BCUT2D eigenvalue weighted by atomic mass is 9.96. The van der Waals surface area contributed by atoms with Crippen LogP contribution in [0.1, 0.15) is 24.4 Å². The largest absolute Gasteiger partial charge is 0.478 e. The van der Waals surface area contributed by atoms with Crippen LogP contribution in [-0.4, -0.2) is 74.9 Å². The quantitative estimate of drug-likeness (QED) is 0.425. The van der Waals surface area contributed by atoms with Crippen LogP contribution in [0.25, 0.3) is 0 Å². The summed E-state index contributed by atoms with van der Waals surface area (Å²) in [6, 6.07) is 12.2. The van der Waals surface area contributed by atoms with Gasteiger partial charge in [0.15, 0.2) is 0 Å². The molecule has 0 aliphatic carbocycles. The van der Waals surface area contributed by atoms with Gasteiger partial charge in [0.25, 0.3) is 0 Å². The number of hydrogen-bond donors (Lipinski definition) is 5. The van der Waals surface area contributed by atoms with Crippen LogP contribution in [0, 0.1) is 0 Å². The summed E-state index contributed by atoms with van der Waals surface area (Å²) in [5, 5.41) is 34.9. The highest BCUT2D eigenvalue weighted by atomic mass is 16.4. The van der Waals surface area contributed by atoms with Crippen molar-refractivity contribution in [1.82, 2.24) is 10.2 Å². The molecule has 3 rings (SSSR count). The molecular weight excluding hydrogens is 408 g/mol. The predicted octanol–water partition coefficient (Wildman–Crippen LogP) is 1.22. The molecule has 0 spiro atoms. The summed E-state index contributed by atoms with van der Waals surface area (Å²) < 4.78 is 0. The molecule has 2 atom stereocenters.